The summed E-state index contributed by atoms with van der Waals surface area (Å²) in [5, 5.41) is 5.22. The molecule has 0 bridgehead atoms. The van der Waals surface area contributed by atoms with E-state index in [2.05, 4.69) is 10.3 Å². The van der Waals surface area contributed by atoms with E-state index in [1.165, 1.54) is 17.8 Å². The number of hydrogen-bond donors (Lipinski definition) is 1. The molecule has 0 saturated carbocycles. The Balaban J connectivity index is 1.56. The van der Waals surface area contributed by atoms with Gasteiger partial charge in [-0.05, 0) is 43.3 Å². The minimum atomic E-state index is -0.438. The summed E-state index contributed by atoms with van der Waals surface area (Å²) in [7, 11) is 1.64. The second-order valence-corrected chi connectivity index (χ2v) is 7.98. The third-order valence-electron chi connectivity index (χ3n) is 3.87. The van der Waals surface area contributed by atoms with Crippen LogP contribution in [0.3, 0.4) is 0 Å². The quantitative estimate of drug-likeness (QED) is 0.589. The van der Waals surface area contributed by atoms with Crippen molar-refractivity contribution < 1.29 is 13.9 Å². The molecule has 1 amide bonds. The van der Waals surface area contributed by atoms with Gasteiger partial charge in [0.25, 0.3) is 0 Å². The lowest BCUT2D eigenvalue weighted by atomic mass is 10.2. The molecule has 1 aromatic heterocycles. The molecular formula is C20H19FN2O2S2. The Bertz CT molecular complexity index is 912. The van der Waals surface area contributed by atoms with Gasteiger partial charge in [0.2, 0.25) is 5.91 Å². The lowest BCUT2D eigenvalue weighted by Crippen LogP contribution is -2.23. The van der Waals surface area contributed by atoms with Crippen LogP contribution < -0.4 is 10.1 Å². The fraction of sp³-hybridized carbons (Fsp3) is 0.200. The molecule has 140 valence electrons. The topological polar surface area (TPSA) is 51.2 Å². The monoisotopic (exact) mass is 402 g/mol. The first-order chi connectivity index (χ1) is 13.1. The van der Waals surface area contributed by atoms with Gasteiger partial charge in [0.1, 0.15) is 16.6 Å². The number of anilines is 1. The summed E-state index contributed by atoms with van der Waals surface area (Å²) < 4.78 is 18.8. The Morgan fingerprint density at radius 3 is 2.70 bits per heavy atom. The van der Waals surface area contributed by atoms with Crippen molar-refractivity contribution >= 4 is 34.7 Å². The second kappa shape index (κ2) is 9.01. The van der Waals surface area contributed by atoms with E-state index < -0.39 is 5.82 Å². The van der Waals surface area contributed by atoms with Crippen LogP contribution in [0.2, 0.25) is 0 Å². The van der Waals surface area contributed by atoms with Gasteiger partial charge in [0.05, 0.1) is 23.7 Å². The number of methoxy groups -OCH3 is 1. The zero-order valence-electron chi connectivity index (χ0n) is 14.9. The highest BCUT2D eigenvalue weighted by Crippen LogP contribution is 2.28. The number of nitrogens with one attached hydrogen (secondary N) is 1. The number of thiazole rings is 1. The molecular weight excluding hydrogens is 383 g/mol. The number of amides is 1. The summed E-state index contributed by atoms with van der Waals surface area (Å²) in [6, 6.07) is 13.9. The number of aromatic nitrogens is 1. The summed E-state index contributed by atoms with van der Waals surface area (Å²) in [4.78, 5) is 16.9. The SMILES string of the molecule is COc1ccc(-c2nc(CSC(C)C(=O)Nc3ccccc3F)cs2)cc1. The number of para-hydroxylation sites is 1. The molecule has 4 nitrogen and oxygen atoms in total. The van der Waals surface area contributed by atoms with Crippen LogP contribution in [-0.2, 0) is 10.5 Å². The summed E-state index contributed by atoms with van der Waals surface area (Å²) in [5.74, 6) is 0.751. The van der Waals surface area contributed by atoms with Crippen molar-refractivity contribution in [3.63, 3.8) is 0 Å². The first kappa shape index (κ1) is 19.4. The highest BCUT2D eigenvalue weighted by atomic mass is 32.2. The number of rotatable bonds is 7. The number of nitrogens with zero attached hydrogens (tertiary/aromatic N) is 1. The molecule has 0 aliphatic heterocycles. The molecule has 2 aromatic carbocycles. The van der Waals surface area contributed by atoms with Crippen molar-refractivity contribution in [2.75, 3.05) is 12.4 Å². The van der Waals surface area contributed by atoms with Crippen molar-refractivity contribution in [3.05, 3.63) is 65.4 Å². The van der Waals surface area contributed by atoms with Gasteiger partial charge in [-0.3, -0.25) is 4.79 Å². The molecule has 7 heteroatoms. The van der Waals surface area contributed by atoms with Crippen LogP contribution in [0.5, 0.6) is 5.75 Å². The Morgan fingerprint density at radius 2 is 2.00 bits per heavy atom. The largest absolute Gasteiger partial charge is 0.497 e. The maximum Gasteiger partial charge on any atom is 0.237 e. The molecule has 1 heterocycles. The van der Waals surface area contributed by atoms with Gasteiger partial charge in [-0.15, -0.1) is 23.1 Å². The number of thioether (sulfide) groups is 1. The fourth-order valence-corrected chi connectivity index (χ4v) is 4.03. The van der Waals surface area contributed by atoms with Crippen LogP contribution in [0.1, 0.15) is 12.6 Å². The number of carbonyl (C=O) groups excluding carboxylic acids is 1. The smallest absolute Gasteiger partial charge is 0.237 e. The number of ether oxygens (including phenoxy) is 1. The van der Waals surface area contributed by atoms with Crippen LogP contribution in [0.4, 0.5) is 10.1 Å². The average Bonchev–Trinajstić information content (AvgIpc) is 3.17. The van der Waals surface area contributed by atoms with Gasteiger partial charge in [-0.2, -0.15) is 0 Å². The molecule has 1 N–H and O–H groups in total. The van der Waals surface area contributed by atoms with Crippen molar-refractivity contribution in [1.82, 2.24) is 4.98 Å². The van der Waals surface area contributed by atoms with Gasteiger partial charge in [0, 0.05) is 16.7 Å². The van der Waals surface area contributed by atoms with Gasteiger partial charge < -0.3 is 10.1 Å². The highest BCUT2D eigenvalue weighted by Gasteiger charge is 2.16. The van der Waals surface area contributed by atoms with E-state index >= 15 is 0 Å². The van der Waals surface area contributed by atoms with Gasteiger partial charge in [0.15, 0.2) is 0 Å². The third kappa shape index (κ3) is 5.08. The predicted molar refractivity (Wildman–Crippen MR) is 110 cm³/mol. The third-order valence-corrected chi connectivity index (χ3v) is 5.99. The first-order valence-electron chi connectivity index (χ1n) is 8.32. The number of halogens is 1. The number of carbonyl (C=O) groups is 1. The molecule has 3 rings (SSSR count). The zero-order chi connectivity index (χ0) is 19.2. The van der Waals surface area contributed by atoms with Crippen LogP contribution in [0.25, 0.3) is 10.6 Å². The molecule has 0 aliphatic carbocycles. The molecule has 3 aromatic rings. The summed E-state index contributed by atoms with van der Waals surface area (Å²) >= 11 is 3.03. The van der Waals surface area contributed by atoms with Crippen LogP contribution in [0, 0.1) is 5.82 Å². The summed E-state index contributed by atoms with van der Waals surface area (Å²) in [5.41, 5.74) is 2.15. The Labute approximate surface area is 165 Å². The van der Waals surface area contributed by atoms with E-state index in [1.807, 2.05) is 29.6 Å². The lowest BCUT2D eigenvalue weighted by Gasteiger charge is -2.11. The predicted octanol–water partition coefficient (Wildman–Crippen LogP) is 5.22. The minimum Gasteiger partial charge on any atom is -0.497 e. The number of benzene rings is 2. The standard InChI is InChI=1S/C20H19FN2O2S2/c1-13(19(24)23-18-6-4-3-5-17(18)21)26-11-15-12-27-20(22-15)14-7-9-16(25-2)10-8-14/h3-10,12-13H,11H2,1-2H3,(H,23,24). The molecule has 0 spiro atoms. The van der Waals surface area contributed by atoms with E-state index in [4.69, 9.17) is 4.74 Å². The van der Waals surface area contributed by atoms with E-state index in [0.29, 0.717) is 5.75 Å². The van der Waals surface area contributed by atoms with Gasteiger partial charge >= 0.3 is 0 Å². The molecule has 1 atom stereocenters. The molecule has 1 unspecified atom stereocenters. The lowest BCUT2D eigenvalue weighted by molar-refractivity contribution is -0.115. The fourth-order valence-electron chi connectivity index (χ4n) is 2.32. The van der Waals surface area contributed by atoms with Crippen molar-refractivity contribution in [1.29, 1.82) is 0 Å². The van der Waals surface area contributed by atoms with E-state index in [9.17, 15) is 9.18 Å². The molecule has 0 saturated heterocycles. The first-order valence-corrected chi connectivity index (χ1v) is 10.3. The maximum absolute atomic E-state index is 13.6. The molecule has 0 fully saturated rings. The summed E-state index contributed by atoms with van der Waals surface area (Å²) in [6.07, 6.45) is 0. The highest BCUT2D eigenvalue weighted by molar-refractivity contribution is 7.99. The van der Waals surface area contributed by atoms with Gasteiger partial charge in [-0.25, -0.2) is 9.37 Å². The van der Waals surface area contributed by atoms with Crippen LogP contribution in [0.15, 0.2) is 53.9 Å². The van der Waals surface area contributed by atoms with E-state index in [1.54, 1.807) is 43.6 Å². The second-order valence-electron chi connectivity index (χ2n) is 5.79. The average molecular weight is 403 g/mol. The Morgan fingerprint density at radius 1 is 1.26 bits per heavy atom. The normalized spacial score (nSPS) is 11.8. The van der Waals surface area contributed by atoms with Crippen molar-refractivity contribution in [2.45, 2.75) is 17.9 Å². The minimum absolute atomic E-state index is 0.199. The van der Waals surface area contributed by atoms with Crippen LogP contribution >= 0.6 is 23.1 Å². The van der Waals surface area contributed by atoms with Crippen molar-refractivity contribution in [2.24, 2.45) is 0 Å². The maximum atomic E-state index is 13.6. The number of hydrogen-bond acceptors (Lipinski definition) is 5. The van der Waals surface area contributed by atoms with Crippen molar-refractivity contribution in [3.8, 4) is 16.3 Å². The Kier molecular flexibility index (Phi) is 6.47. The molecule has 27 heavy (non-hydrogen) atoms. The van der Waals surface area contributed by atoms with Gasteiger partial charge in [-0.1, -0.05) is 12.1 Å². The zero-order valence-corrected chi connectivity index (χ0v) is 16.6. The molecule has 0 aliphatic rings. The van der Waals surface area contributed by atoms with E-state index in [-0.39, 0.29) is 16.8 Å². The van der Waals surface area contributed by atoms with E-state index in [0.717, 1.165) is 22.0 Å². The summed E-state index contributed by atoms with van der Waals surface area (Å²) in [6.45, 7) is 1.80. The Hall–Kier alpha value is -2.38. The van der Waals surface area contributed by atoms with Crippen LogP contribution in [-0.4, -0.2) is 23.3 Å². The molecule has 0 radical (unpaired) electrons.